The van der Waals surface area contributed by atoms with E-state index in [-0.39, 0.29) is 5.54 Å². The van der Waals surface area contributed by atoms with Gasteiger partial charge in [0.2, 0.25) is 0 Å². The van der Waals surface area contributed by atoms with E-state index in [1.807, 2.05) is 0 Å². The number of fused-ring (bicyclic) bond motifs is 1. The minimum Gasteiger partial charge on any atom is -0.308 e. The zero-order chi connectivity index (χ0) is 10.9. The predicted octanol–water partition coefficient (Wildman–Crippen LogP) is 3.14. The molecule has 0 amide bonds. The molecule has 0 spiro atoms. The zero-order valence-corrected chi connectivity index (χ0v) is 9.80. The average Bonchev–Trinajstić information content (AvgIpc) is 2.60. The monoisotopic (exact) mass is 201 g/mol. The highest BCUT2D eigenvalue weighted by Gasteiger charge is 2.09. The van der Waals surface area contributed by atoms with Crippen molar-refractivity contribution < 1.29 is 0 Å². The summed E-state index contributed by atoms with van der Waals surface area (Å²) < 4.78 is 0. The molecule has 1 aromatic rings. The predicted molar refractivity (Wildman–Crippen MR) is 65.8 cm³/mol. The third-order valence-corrected chi connectivity index (χ3v) is 2.67. The Balaban J connectivity index is 2.07. The van der Waals surface area contributed by atoms with Gasteiger partial charge in [0, 0.05) is 12.1 Å². The van der Waals surface area contributed by atoms with Crippen LogP contribution in [0, 0.1) is 0 Å². The summed E-state index contributed by atoms with van der Waals surface area (Å²) in [6, 6.07) is 6.76. The van der Waals surface area contributed by atoms with Crippen LogP contribution in [0.3, 0.4) is 0 Å². The highest BCUT2D eigenvalue weighted by molar-refractivity contribution is 5.60. The van der Waals surface area contributed by atoms with E-state index in [9.17, 15) is 0 Å². The summed E-state index contributed by atoms with van der Waals surface area (Å²) in [6.07, 6.45) is 5.55. The van der Waals surface area contributed by atoms with Crippen LogP contribution in [0.5, 0.6) is 0 Å². The minimum absolute atomic E-state index is 0.189. The van der Waals surface area contributed by atoms with E-state index in [0.717, 1.165) is 13.0 Å². The van der Waals surface area contributed by atoms with Crippen molar-refractivity contribution in [1.82, 2.24) is 5.32 Å². The Kier molecular flexibility index (Phi) is 2.66. The van der Waals surface area contributed by atoms with Gasteiger partial charge in [0.05, 0.1) is 0 Å². The highest BCUT2D eigenvalue weighted by Crippen LogP contribution is 2.20. The summed E-state index contributed by atoms with van der Waals surface area (Å²) in [4.78, 5) is 0. The van der Waals surface area contributed by atoms with Crippen LogP contribution in [0.1, 0.15) is 37.5 Å². The Morgan fingerprint density at radius 2 is 2.07 bits per heavy atom. The molecule has 1 heteroatoms. The number of hydrogen-bond donors (Lipinski definition) is 1. The zero-order valence-electron chi connectivity index (χ0n) is 9.80. The van der Waals surface area contributed by atoms with E-state index in [0.29, 0.717) is 0 Å². The first-order valence-corrected chi connectivity index (χ1v) is 5.58. The second-order valence-corrected chi connectivity index (χ2v) is 5.24. The van der Waals surface area contributed by atoms with Crippen LogP contribution in [-0.2, 0) is 13.0 Å². The van der Waals surface area contributed by atoms with Gasteiger partial charge in [0.25, 0.3) is 0 Å². The molecule has 15 heavy (non-hydrogen) atoms. The van der Waals surface area contributed by atoms with Crippen molar-refractivity contribution in [3.63, 3.8) is 0 Å². The largest absolute Gasteiger partial charge is 0.308 e. The molecule has 1 aromatic carbocycles. The summed E-state index contributed by atoms with van der Waals surface area (Å²) in [5.74, 6) is 0. The van der Waals surface area contributed by atoms with E-state index in [1.165, 1.54) is 16.7 Å². The molecule has 1 aliphatic rings. The van der Waals surface area contributed by atoms with Crippen molar-refractivity contribution in [3.05, 3.63) is 41.0 Å². The maximum atomic E-state index is 3.51. The fraction of sp³-hybridized carbons (Fsp3) is 0.429. The summed E-state index contributed by atoms with van der Waals surface area (Å²) in [5.41, 5.74) is 4.41. The highest BCUT2D eigenvalue weighted by atomic mass is 14.9. The minimum atomic E-state index is 0.189. The van der Waals surface area contributed by atoms with Gasteiger partial charge in [-0.3, -0.25) is 0 Å². The Hall–Kier alpha value is -1.08. The molecule has 0 aromatic heterocycles. The van der Waals surface area contributed by atoms with Crippen LogP contribution in [-0.4, -0.2) is 5.54 Å². The molecule has 1 nitrogen and oxygen atoms in total. The lowest BCUT2D eigenvalue weighted by atomic mass is 10.0. The van der Waals surface area contributed by atoms with Gasteiger partial charge in [-0.2, -0.15) is 0 Å². The van der Waals surface area contributed by atoms with Crippen LogP contribution < -0.4 is 5.32 Å². The number of allylic oxidation sites excluding steroid dienone is 1. The summed E-state index contributed by atoms with van der Waals surface area (Å²) in [7, 11) is 0. The summed E-state index contributed by atoms with van der Waals surface area (Å²) in [5, 5.41) is 3.51. The van der Waals surface area contributed by atoms with Crippen LogP contribution in [0.2, 0.25) is 0 Å². The molecule has 0 aliphatic heterocycles. The van der Waals surface area contributed by atoms with Crippen molar-refractivity contribution in [2.24, 2.45) is 0 Å². The standard InChI is InChI=1S/C14H19N/c1-14(2,3)15-10-11-7-8-12-5-4-6-13(12)9-11/h4,6-9,15H,5,10H2,1-3H3. The first kappa shape index (κ1) is 10.4. The normalized spacial score (nSPS) is 14.3. The van der Waals surface area contributed by atoms with Gasteiger partial charge in [-0.1, -0.05) is 30.4 Å². The molecule has 0 saturated heterocycles. The molecule has 2 rings (SSSR count). The molecule has 0 fully saturated rings. The van der Waals surface area contributed by atoms with Crippen LogP contribution in [0.4, 0.5) is 0 Å². The van der Waals surface area contributed by atoms with Crippen molar-refractivity contribution in [2.75, 3.05) is 0 Å². The molecule has 80 valence electrons. The van der Waals surface area contributed by atoms with Gasteiger partial charge >= 0.3 is 0 Å². The molecule has 0 radical (unpaired) electrons. The lowest BCUT2D eigenvalue weighted by Crippen LogP contribution is -2.35. The molecule has 0 bridgehead atoms. The van der Waals surface area contributed by atoms with Crippen molar-refractivity contribution in [2.45, 2.75) is 39.3 Å². The smallest absolute Gasteiger partial charge is 0.0210 e. The number of hydrogen-bond acceptors (Lipinski definition) is 1. The Morgan fingerprint density at radius 1 is 1.27 bits per heavy atom. The molecule has 0 saturated carbocycles. The van der Waals surface area contributed by atoms with E-state index < -0.39 is 0 Å². The molecular formula is C14H19N. The number of nitrogens with one attached hydrogen (secondary N) is 1. The van der Waals surface area contributed by atoms with Crippen molar-refractivity contribution in [3.8, 4) is 0 Å². The Morgan fingerprint density at radius 3 is 2.80 bits per heavy atom. The Bertz CT molecular complexity index is 383. The first-order chi connectivity index (χ1) is 7.04. The number of rotatable bonds is 2. The third-order valence-electron chi connectivity index (χ3n) is 2.67. The van der Waals surface area contributed by atoms with Crippen LogP contribution in [0.25, 0.3) is 6.08 Å². The van der Waals surface area contributed by atoms with E-state index in [1.54, 1.807) is 0 Å². The lowest BCUT2D eigenvalue weighted by Gasteiger charge is -2.20. The van der Waals surface area contributed by atoms with E-state index in [2.05, 4.69) is 56.4 Å². The van der Waals surface area contributed by atoms with Gasteiger partial charge in [0.15, 0.2) is 0 Å². The number of benzene rings is 1. The molecule has 0 unspecified atom stereocenters. The second-order valence-electron chi connectivity index (χ2n) is 5.24. The van der Waals surface area contributed by atoms with Crippen molar-refractivity contribution in [1.29, 1.82) is 0 Å². The van der Waals surface area contributed by atoms with Crippen molar-refractivity contribution >= 4 is 6.08 Å². The molecule has 1 N–H and O–H groups in total. The fourth-order valence-corrected chi connectivity index (χ4v) is 1.78. The summed E-state index contributed by atoms with van der Waals surface area (Å²) >= 11 is 0. The maximum absolute atomic E-state index is 3.51. The van der Waals surface area contributed by atoms with Gasteiger partial charge < -0.3 is 5.32 Å². The first-order valence-electron chi connectivity index (χ1n) is 5.58. The maximum Gasteiger partial charge on any atom is 0.0210 e. The topological polar surface area (TPSA) is 12.0 Å². The average molecular weight is 201 g/mol. The molecule has 0 heterocycles. The van der Waals surface area contributed by atoms with E-state index >= 15 is 0 Å². The Labute approximate surface area is 92.2 Å². The third kappa shape index (κ3) is 2.69. The fourth-order valence-electron chi connectivity index (χ4n) is 1.78. The summed E-state index contributed by atoms with van der Waals surface area (Å²) in [6.45, 7) is 7.53. The van der Waals surface area contributed by atoms with E-state index in [4.69, 9.17) is 0 Å². The second kappa shape index (κ2) is 3.82. The van der Waals surface area contributed by atoms with Crippen LogP contribution in [0.15, 0.2) is 24.3 Å². The van der Waals surface area contributed by atoms with Gasteiger partial charge in [-0.15, -0.1) is 0 Å². The lowest BCUT2D eigenvalue weighted by molar-refractivity contribution is 0.424. The van der Waals surface area contributed by atoms with Gasteiger partial charge in [0.1, 0.15) is 0 Å². The SMILES string of the molecule is CC(C)(C)NCc1ccc2c(c1)C=CC2. The molecule has 0 atom stereocenters. The molecular weight excluding hydrogens is 182 g/mol. The van der Waals surface area contributed by atoms with Gasteiger partial charge in [-0.05, 0) is 43.9 Å². The quantitative estimate of drug-likeness (QED) is 0.775. The van der Waals surface area contributed by atoms with Gasteiger partial charge in [-0.25, -0.2) is 0 Å². The molecule has 1 aliphatic carbocycles. The van der Waals surface area contributed by atoms with Crippen LogP contribution >= 0.6 is 0 Å².